The summed E-state index contributed by atoms with van der Waals surface area (Å²) >= 11 is 0. The van der Waals surface area contributed by atoms with Crippen molar-refractivity contribution in [1.29, 1.82) is 0 Å². The van der Waals surface area contributed by atoms with Crippen LogP contribution >= 0.6 is 0 Å². The number of carbonyl (C=O) groups is 1. The van der Waals surface area contributed by atoms with Crippen LogP contribution in [0.1, 0.15) is 26.3 Å². The minimum absolute atomic E-state index is 0.0868. The molecule has 0 saturated carbocycles. The van der Waals surface area contributed by atoms with Gasteiger partial charge < -0.3 is 5.32 Å². The normalized spacial score (nSPS) is 11.1. The Balaban J connectivity index is 2.95. The number of aromatic nitrogens is 1. The van der Waals surface area contributed by atoms with Gasteiger partial charge in [-0.2, -0.15) is 0 Å². The van der Waals surface area contributed by atoms with Gasteiger partial charge in [0, 0.05) is 11.5 Å². The van der Waals surface area contributed by atoms with Gasteiger partial charge in [-0.15, -0.1) is 0 Å². The molecule has 1 aromatic rings. The molecule has 1 aromatic heterocycles. The summed E-state index contributed by atoms with van der Waals surface area (Å²) in [6.45, 7) is 7.01. The number of hydrogen-bond donors (Lipinski definition) is 1. The Morgan fingerprint density at radius 2 is 2.06 bits per heavy atom. The van der Waals surface area contributed by atoms with Gasteiger partial charge in [0.2, 0.25) is 5.91 Å². The summed E-state index contributed by atoms with van der Waals surface area (Å²) in [5.41, 5.74) is -0.0522. The molecule has 17 heavy (non-hydrogen) atoms. The predicted molar refractivity (Wildman–Crippen MR) is 63.7 cm³/mol. The topological polar surface area (TPSA) is 85.1 Å². The van der Waals surface area contributed by atoms with Gasteiger partial charge in [0.1, 0.15) is 12.0 Å². The molecule has 0 radical (unpaired) electrons. The van der Waals surface area contributed by atoms with E-state index in [0.29, 0.717) is 11.4 Å². The number of hydrogen-bond acceptors (Lipinski definition) is 4. The van der Waals surface area contributed by atoms with Crippen LogP contribution in [-0.2, 0) is 4.79 Å². The van der Waals surface area contributed by atoms with E-state index in [9.17, 15) is 14.9 Å². The molecule has 1 N–H and O–H groups in total. The van der Waals surface area contributed by atoms with Gasteiger partial charge in [-0.25, -0.2) is 4.98 Å². The Bertz CT molecular complexity index is 464. The molecule has 0 aliphatic heterocycles. The fourth-order valence-corrected chi connectivity index (χ4v) is 1.09. The number of aryl methyl sites for hydroxylation is 1. The lowest BCUT2D eigenvalue weighted by atomic mass is 9.96. The monoisotopic (exact) mass is 237 g/mol. The van der Waals surface area contributed by atoms with E-state index in [1.54, 1.807) is 27.7 Å². The van der Waals surface area contributed by atoms with Gasteiger partial charge in [-0.05, 0) is 12.5 Å². The molecule has 0 aliphatic rings. The second-order valence-electron chi connectivity index (χ2n) is 4.82. The average Bonchev–Trinajstić information content (AvgIpc) is 2.19. The molecule has 0 unspecified atom stereocenters. The molecule has 1 rings (SSSR count). The highest BCUT2D eigenvalue weighted by atomic mass is 16.6. The standard InChI is InChI=1S/C11H15N3O3/c1-7-5-8(14(16)17)6-12-9(7)13-10(15)11(2,3)4/h5-6H,1-4H3,(H,12,13,15). The highest BCUT2D eigenvalue weighted by molar-refractivity contribution is 5.94. The summed E-state index contributed by atoms with van der Waals surface area (Å²) in [5.74, 6) is 0.178. The van der Waals surface area contributed by atoms with Crippen LogP contribution in [0.15, 0.2) is 12.3 Å². The number of amides is 1. The number of rotatable bonds is 2. The Morgan fingerprint density at radius 1 is 1.47 bits per heavy atom. The minimum Gasteiger partial charge on any atom is -0.310 e. The second kappa shape index (κ2) is 4.48. The van der Waals surface area contributed by atoms with E-state index in [1.165, 1.54) is 6.07 Å². The zero-order chi connectivity index (χ0) is 13.2. The fourth-order valence-electron chi connectivity index (χ4n) is 1.09. The van der Waals surface area contributed by atoms with Crippen LogP contribution < -0.4 is 5.32 Å². The zero-order valence-electron chi connectivity index (χ0n) is 10.3. The maximum absolute atomic E-state index is 11.7. The number of nitro groups is 1. The molecule has 0 fully saturated rings. The summed E-state index contributed by atoms with van der Waals surface area (Å²) in [5, 5.41) is 13.2. The molecule has 1 heterocycles. The maximum Gasteiger partial charge on any atom is 0.287 e. The van der Waals surface area contributed by atoms with Crippen LogP contribution in [-0.4, -0.2) is 15.8 Å². The average molecular weight is 237 g/mol. The molecule has 92 valence electrons. The third kappa shape index (κ3) is 3.24. The number of nitrogens with one attached hydrogen (secondary N) is 1. The van der Waals surface area contributed by atoms with Crippen molar-refractivity contribution in [3.63, 3.8) is 0 Å². The molecular formula is C11H15N3O3. The summed E-state index contributed by atoms with van der Waals surface area (Å²) < 4.78 is 0. The third-order valence-corrected chi connectivity index (χ3v) is 2.19. The van der Waals surface area contributed by atoms with Crippen molar-refractivity contribution in [2.24, 2.45) is 5.41 Å². The number of pyridine rings is 1. The van der Waals surface area contributed by atoms with Gasteiger partial charge in [0.15, 0.2) is 0 Å². The molecule has 0 saturated heterocycles. The smallest absolute Gasteiger partial charge is 0.287 e. The number of nitrogens with zero attached hydrogens (tertiary/aromatic N) is 2. The van der Waals surface area contributed by atoms with E-state index in [0.717, 1.165) is 6.20 Å². The van der Waals surface area contributed by atoms with E-state index in [4.69, 9.17) is 0 Å². The predicted octanol–water partition coefficient (Wildman–Crippen LogP) is 2.28. The molecule has 0 aliphatic carbocycles. The molecule has 0 aromatic carbocycles. The van der Waals surface area contributed by atoms with Gasteiger partial charge in [-0.1, -0.05) is 20.8 Å². The first-order valence-corrected chi connectivity index (χ1v) is 5.14. The van der Waals surface area contributed by atoms with Crippen molar-refractivity contribution in [1.82, 2.24) is 4.98 Å². The molecule has 6 heteroatoms. The molecular weight excluding hydrogens is 222 g/mol. The Kier molecular flexibility index (Phi) is 3.45. The Labute approximate surface area is 99.2 Å². The number of anilines is 1. The van der Waals surface area contributed by atoms with Gasteiger partial charge in [0.25, 0.3) is 5.69 Å². The minimum atomic E-state index is -0.532. The van der Waals surface area contributed by atoms with Crippen LogP contribution in [0.2, 0.25) is 0 Å². The summed E-state index contributed by atoms with van der Waals surface area (Å²) in [6.07, 6.45) is 1.13. The van der Waals surface area contributed by atoms with Crippen LogP contribution in [0.5, 0.6) is 0 Å². The van der Waals surface area contributed by atoms with E-state index < -0.39 is 10.3 Å². The highest BCUT2D eigenvalue weighted by Crippen LogP contribution is 2.21. The number of carbonyl (C=O) groups excluding carboxylic acids is 1. The van der Waals surface area contributed by atoms with Crippen molar-refractivity contribution >= 4 is 17.4 Å². The molecule has 1 amide bonds. The SMILES string of the molecule is Cc1cc([N+](=O)[O-])cnc1NC(=O)C(C)(C)C. The van der Waals surface area contributed by atoms with Crippen LogP contribution in [0.3, 0.4) is 0 Å². The van der Waals surface area contributed by atoms with Crippen molar-refractivity contribution < 1.29 is 9.72 Å². The van der Waals surface area contributed by atoms with E-state index in [-0.39, 0.29) is 11.6 Å². The van der Waals surface area contributed by atoms with Crippen molar-refractivity contribution in [2.75, 3.05) is 5.32 Å². The Morgan fingerprint density at radius 3 is 2.47 bits per heavy atom. The van der Waals surface area contributed by atoms with Gasteiger partial charge >= 0.3 is 0 Å². The van der Waals surface area contributed by atoms with Crippen LogP contribution in [0.25, 0.3) is 0 Å². The lowest BCUT2D eigenvalue weighted by Crippen LogP contribution is -2.28. The highest BCUT2D eigenvalue weighted by Gasteiger charge is 2.22. The summed E-state index contributed by atoms with van der Waals surface area (Å²) in [6, 6.07) is 1.38. The second-order valence-corrected chi connectivity index (χ2v) is 4.82. The van der Waals surface area contributed by atoms with Crippen LogP contribution in [0, 0.1) is 22.5 Å². The van der Waals surface area contributed by atoms with Crippen molar-refractivity contribution in [3.05, 3.63) is 27.9 Å². The first-order chi connectivity index (χ1) is 7.71. The van der Waals surface area contributed by atoms with Crippen molar-refractivity contribution in [2.45, 2.75) is 27.7 Å². The molecule has 0 bridgehead atoms. The molecule has 6 nitrogen and oxygen atoms in total. The third-order valence-electron chi connectivity index (χ3n) is 2.19. The van der Waals surface area contributed by atoms with E-state index in [1.807, 2.05) is 0 Å². The summed E-state index contributed by atoms with van der Waals surface area (Å²) in [7, 11) is 0. The molecule has 0 spiro atoms. The van der Waals surface area contributed by atoms with E-state index >= 15 is 0 Å². The largest absolute Gasteiger partial charge is 0.310 e. The lowest BCUT2D eigenvalue weighted by Gasteiger charge is -2.17. The fraction of sp³-hybridized carbons (Fsp3) is 0.455. The van der Waals surface area contributed by atoms with E-state index in [2.05, 4.69) is 10.3 Å². The Hall–Kier alpha value is -1.98. The first-order valence-electron chi connectivity index (χ1n) is 5.14. The van der Waals surface area contributed by atoms with Crippen LogP contribution in [0.4, 0.5) is 11.5 Å². The van der Waals surface area contributed by atoms with Gasteiger partial charge in [-0.3, -0.25) is 14.9 Å². The van der Waals surface area contributed by atoms with Gasteiger partial charge in [0.05, 0.1) is 4.92 Å². The summed E-state index contributed by atoms with van der Waals surface area (Å²) in [4.78, 5) is 25.6. The maximum atomic E-state index is 11.7. The zero-order valence-corrected chi connectivity index (χ0v) is 10.3. The molecule has 0 atom stereocenters. The quantitative estimate of drug-likeness (QED) is 0.631. The lowest BCUT2D eigenvalue weighted by molar-refractivity contribution is -0.385. The van der Waals surface area contributed by atoms with Crippen molar-refractivity contribution in [3.8, 4) is 0 Å². The first kappa shape index (κ1) is 13.1.